The Morgan fingerprint density at radius 3 is 2.92 bits per heavy atom. The maximum atomic E-state index is 5.69. The van der Waals surface area contributed by atoms with E-state index in [1.165, 1.54) is 11.9 Å². The number of rotatable bonds is 4. The Balaban J connectivity index is 1.55. The molecule has 7 nitrogen and oxygen atoms in total. The van der Waals surface area contributed by atoms with Gasteiger partial charge in [0.1, 0.15) is 17.8 Å². The largest absolute Gasteiger partial charge is 0.384 e. The minimum absolute atomic E-state index is 0.144. The second kappa shape index (κ2) is 6.37. The van der Waals surface area contributed by atoms with Crippen LogP contribution in [0.3, 0.4) is 0 Å². The first-order chi connectivity index (χ1) is 11.8. The molecule has 2 aromatic heterocycles. The lowest BCUT2D eigenvalue weighted by Gasteiger charge is -2.21. The molecule has 3 heterocycles. The summed E-state index contributed by atoms with van der Waals surface area (Å²) in [4.78, 5) is 14.9. The fourth-order valence-electron chi connectivity index (χ4n) is 3.08. The minimum atomic E-state index is 0.144. The van der Waals surface area contributed by atoms with E-state index in [9.17, 15) is 0 Å². The number of nitrogens with two attached hydrogens (primary N) is 1. The van der Waals surface area contributed by atoms with E-state index in [-0.39, 0.29) is 6.04 Å². The Labute approximate surface area is 139 Å². The predicted octanol–water partition coefficient (Wildman–Crippen LogP) is 2.45. The Morgan fingerprint density at radius 2 is 2.08 bits per heavy atom. The van der Waals surface area contributed by atoms with Gasteiger partial charge in [-0.3, -0.25) is 4.90 Å². The lowest BCUT2D eigenvalue weighted by molar-refractivity contribution is 0.201. The van der Waals surface area contributed by atoms with Crippen molar-refractivity contribution in [2.24, 2.45) is 0 Å². The van der Waals surface area contributed by atoms with Gasteiger partial charge in [-0.05, 0) is 24.9 Å². The van der Waals surface area contributed by atoms with Crippen molar-refractivity contribution in [2.75, 3.05) is 12.3 Å². The van der Waals surface area contributed by atoms with E-state index in [1.807, 2.05) is 6.07 Å². The lowest BCUT2D eigenvalue weighted by atomic mass is 10.2. The molecule has 7 heteroatoms. The fourth-order valence-corrected chi connectivity index (χ4v) is 3.08. The average Bonchev–Trinajstić information content (AvgIpc) is 3.25. The van der Waals surface area contributed by atoms with Crippen LogP contribution in [0.15, 0.2) is 47.2 Å². The van der Waals surface area contributed by atoms with Gasteiger partial charge in [-0.2, -0.15) is 4.98 Å². The molecule has 122 valence electrons. The van der Waals surface area contributed by atoms with E-state index >= 15 is 0 Å². The monoisotopic (exact) mass is 322 g/mol. The van der Waals surface area contributed by atoms with E-state index in [0.29, 0.717) is 23.2 Å². The van der Waals surface area contributed by atoms with Crippen LogP contribution in [0, 0.1) is 0 Å². The van der Waals surface area contributed by atoms with Crippen LogP contribution in [-0.2, 0) is 6.54 Å². The third-order valence-corrected chi connectivity index (χ3v) is 4.24. The normalized spacial score (nSPS) is 18.1. The SMILES string of the molecule is Nc1cc(-c2noc(C3CCCN3Cc3ccccc3)n2)ncn1. The van der Waals surface area contributed by atoms with E-state index in [4.69, 9.17) is 10.3 Å². The Bertz CT molecular complexity index is 819. The van der Waals surface area contributed by atoms with Crippen molar-refractivity contribution in [3.05, 3.63) is 54.2 Å². The Kier molecular flexibility index (Phi) is 3.92. The average molecular weight is 322 g/mol. The van der Waals surface area contributed by atoms with Gasteiger partial charge in [0, 0.05) is 12.6 Å². The molecule has 1 saturated heterocycles. The number of benzene rings is 1. The number of nitrogen functional groups attached to an aromatic ring is 1. The van der Waals surface area contributed by atoms with Crippen molar-refractivity contribution in [2.45, 2.75) is 25.4 Å². The van der Waals surface area contributed by atoms with E-state index in [0.717, 1.165) is 25.9 Å². The molecule has 2 N–H and O–H groups in total. The summed E-state index contributed by atoms with van der Waals surface area (Å²) in [6.07, 6.45) is 3.54. The number of anilines is 1. The van der Waals surface area contributed by atoms with Gasteiger partial charge in [0.05, 0.1) is 6.04 Å². The summed E-state index contributed by atoms with van der Waals surface area (Å²) in [6, 6.07) is 12.2. The van der Waals surface area contributed by atoms with Crippen molar-refractivity contribution in [1.29, 1.82) is 0 Å². The Morgan fingerprint density at radius 1 is 1.21 bits per heavy atom. The quantitative estimate of drug-likeness (QED) is 0.788. The number of aromatic nitrogens is 4. The minimum Gasteiger partial charge on any atom is -0.384 e. The van der Waals surface area contributed by atoms with Crippen molar-refractivity contribution in [3.8, 4) is 11.5 Å². The molecule has 1 unspecified atom stereocenters. The molecule has 0 amide bonds. The number of nitrogens with zero attached hydrogens (tertiary/aromatic N) is 5. The fraction of sp³-hybridized carbons (Fsp3) is 0.294. The van der Waals surface area contributed by atoms with E-state index in [1.54, 1.807) is 6.07 Å². The molecule has 0 radical (unpaired) electrons. The molecule has 0 saturated carbocycles. The van der Waals surface area contributed by atoms with Gasteiger partial charge in [0.15, 0.2) is 0 Å². The van der Waals surface area contributed by atoms with Gasteiger partial charge in [-0.25, -0.2) is 9.97 Å². The molecule has 1 aromatic carbocycles. The second-order valence-electron chi connectivity index (χ2n) is 5.90. The third-order valence-electron chi connectivity index (χ3n) is 4.24. The highest BCUT2D eigenvalue weighted by atomic mass is 16.5. The molecule has 0 spiro atoms. The highest BCUT2D eigenvalue weighted by Crippen LogP contribution is 2.33. The van der Waals surface area contributed by atoms with Crippen LogP contribution >= 0.6 is 0 Å². The van der Waals surface area contributed by atoms with Crippen LogP contribution in [0.5, 0.6) is 0 Å². The molecule has 0 aliphatic carbocycles. The number of hydrogen-bond donors (Lipinski definition) is 1. The summed E-state index contributed by atoms with van der Waals surface area (Å²) < 4.78 is 5.51. The summed E-state index contributed by atoms with van der Waals surface area (Å²) in [6.45, 7) is 1.90. The topological polar surface area (TPSA) is 94.0 Å². The molecular weight excluding hydrogens is 304 g/mol. The highest BCUT2D eigenvalue weighted by Gasteiger charge is 2.30. The molecule has 1 aliphatic rings. The van der Waals surface area contributed by atoms with Crippen LogP contribution < -0.4 is 5.73 Å². The first-order valence-corrected chi connectivity index (χ1v) is 7.99. The van der Waals surface area contributed by atoms with E-state index < -0.39 is 0 Å². The van der Waals surface area contributed by atoms with Crippen LogP contribution in [0.4, 0.5) is 5.82 Å². The van der Waals surface area contributed by atoms with Gasteiger partial charge in [0.2, 0.25) is 11.7 Å². The predicted molar refractivity (Wildman–Crippen MR) is 88.6 cm³/mol. The summed E-state index contributed by atoms with van der Waals surface area (Å²) in [5.74, 6) is 1.47. The van der Waals surface area contributed by atoms with Gasteiger partial charge in [-0.15, -0.1) is 0 Å². The zero-order valence-electron chi connectivity index (χ0n) is 13.2. The first-order valence-electron chi connectivity index (χ1n) is 7.99. The molecule has 0 bridgehead atoms. The Hall–Kier alpha value is -2.80. The summed E-state index contributed by atoms with van der Waals surface area (Å²) in [5, 5.41) is 4.06. The van der Waals surface area contributed by atoms with Crippen molar-refractivity contribution >= 4 is 5.82 Å². The summed E-state index contributed by atoms with van der Waals surface area (Å²) >= 11 is 0. The number of likely N-dealkylation sites (tertiary alicyclic amines) is 1. The summed E-state index contributed by atoms with van der Waals surface area (Å²) in [7, 11) is 0. The van der Waals surface area contributed by atoms with Crippen molar-refractivity contribution in [1.82, 2.24) is 25.0 Å². The lowest BCUT2D eigenvalue weighted by Crippen LogP contribution is -2.22. The molecule has 1 aliphatic heterocycles. The zero-order valence-corrected chi connectivity index (χ0v) is 13.2. The second-order valence-corrected chi connectivity index (χ2v) is 5.90. The van der Waals surface area contributed by atoms with Crippen LogP contribution in [0.25, 0.3) is 11.5 Å². The zero-order chi connectivity index (χ0) is 16.4. The van der Waals surface area contributed by atoms with Crippen molar-refractivity contribution in [3.63, 3.8) is 0 Å². The summed E-state index contributed by atoms with van der Waals surface area (Å²) in [5.41, 5.74) is 7.55. The van der Waals surface area contributed by atoms with Crippen molar-refractivity contribution < 1.29 is 4.52 Å². The highest BCUT2D eigenvalue weighted by molar-refractivity contribution is 5.52. The molecule has 24 heavy (non-hydrogen) atoms. The smallest absolute Gasteiger partial charge is 0.244 e. The first kappa shape index (κ1) is 14.8. The van der Waals surface area contributed by atoms with Crippen LogP contribution in [-0.4, -0.2) is 31.6 Å². The van der Waals surface area contributed by atoms with Gasteiger partial charge in [0.25, 0.3) is 0 Å². The maximum absolute atomic E-state index is 5.69. The molecular formula is C17H18N6O. The van der Waals surface area contributed by atoms with Gasteiger partial charge < -0.3 is 10.3 Å². The third kappa shape index (κ3) is 2.98. The number of hydrogen-bond acceptors (Lipinski definition) is 7. The van der Waals surface area contributed by atoms with Crippen LogP contribution in [0.2, 0.25) is 0 Å². The maximum Gasteiger partial charge on any atom is 0.244 e. The molecule has 4 rings (SSSR count). The van der Waals surface area contributed by atoms with Crippen LogP contribution in [0.1, 0.15) is 30.3 Å². The molecule has 3 aromatic rings. The molecule has 1 fully saturated rings. The van der Waals surface area contributed by atoms with E-state index in [2.05, 4.69) is 49.3 Å². The standard InChI is InChI=1S/C17H18N6O/c18-15-9-13(19-11-20-15)16-21-17(24-22-16)14-7-4-8-23(14)10-12-5-2-1-3-6-12/h1-3,5-6,9,11,14H,4,7-8,10H2,(H2,18,19,20). The van der Waals surface area contributed by atoms with Gasteiger partial charge >= 0.3 is 0 Å². The van der Waals surface area contributed by atoms with Gasteiger partial charge in [-0.1, -0.05) is 35.5 Å². The molecule has 1 atom stereocenters.